The molecule has 26 heavy (non-hydrogen) atoms. The van der Waals surface area contributed by atoms with E-state index in [0.29, 0.717) is 39.3 Å². The molecule has 7 heteroatoms. The molecule has 2 aromatic heterocycles. The van der Waals surface area contributed by atoms with Gasteiger partial charge in [0.05, 0.1) is 27.9 Å². The van der Waals surface area contributed by atoms with Crippen molar-refractivity contribution < 1.29 is 14.6 Å². The number of nitrogens with zero attached hydrogens (tertiary/aromatic N) is 2. The van der Waals surface area contributed by atoms with Gasteiger partial charge in [-0.15, -0.1) is 0 Å². The van der Waals surface area contributed by atoms with Gasteiger partial charge >= 0.3 is 5.97 Å². The molecule has 3 aromatic rings. The normalized spacial score (nSPS) is 11.4. The number of ether oxygens (including phenoxy) is 1. The predicted octanol–water partition coefficient (Wildman–Crippen LogP) is 3.81. The Morgan fingerprint density at radius 1 is 1.27 bits per heavy atom. The third-order valence-electron chi connectivity index (χ3n) is 4.17. The van der Waals surface area contributed by atoms with Crippen LogP contribution in [0.2, 0.25) is 5.02 Å². The van der Waals surface area contributed by atoms with Crippen LogP contribution in [-0.4, -0.2) is 27.2 Å². The summed E-state index contributed by atoms with van der Waals surface area (Å²) < 4.78 is 7.14. The molecule has 0 aliphatic heterocycles. The second-order valence-electron chi connectivity index (χ2n) is 6.28. The Labute approximate surface area is 155 Å². The molecule has 0 saturated carbocycles. The number of pyridine rings is 2. The van der Waals surface area contributed by atoms with E-state index in [1.165, 1.54) is 4.57 Å². The molecule has 3 rings (SSSR count). The largest absolute Gasteiger partial charge is 0.490 e. The number of fused-ring (bicyclic) bond motifs is 2. The van der Waals surface area contributed by atoms with E-state index in [4.69, 9.17) is 16.3 Å². The van der Waals surface area contributed by atoms with Gasteiger partial charge in [0.15, 0.2) is 11.2 Å². The van der Waals surface area contributed by atoms with Crippen molar-refractivity contribution in [3.8, 4) is 5.75 Å². The highest BCUT2D eigenvalue weighted by Crippen LogP contribution is 2.34. The number of hydrogen-bond donors (Lipinski definition) is 1. The van der Waals surface area contributed by atoms with E-state index in [-0.39, 0.29) is 17.9 Å². The maximum absolute atomic E-state index is 13.0. The summed E-state index contributed by atoms with van der Waals surface area (Å²) in [5.41, 5.74) is 1.22. The number of benzene rings is 1. The molecule has 0 atom stereocenters. The van der Waals surface area contributed by atoms with Crippen molar-refractivity contribution in [3.05, 3.63) is 45.2 Å². The van der Waals surface area contributed by atoms with Gasteiger partial charge in [0, 0.05) is 5.69 Å². The van der Waals surface area contributed by atoms with Gasteiger partial charge in [-0.05, 0) is 37.1 Å². The zero-order chi connectivity index (χ0) is 19.0. The first kappa shape index (κ1) is 18.2. The van der Waals surface area contributed by atoms with Crippen LogP contribution in [0.15, 0.2) is 29.1 Å². The molecular weight excluding hydrogens is 356 g/mol. The molecule has 0 fully saturated rings. The number of carboxylic acid groups (broad SMARTS) is 1. The minimum Gasteiger partial charge on any atom is -0.490 e. The van der Waals surface area contributed by atoms with Crippen LogP contribution in [0, 0.1) is 0 Å². The lowest BCUT2D eigenvalue weighted by Crippen LogP contribution is -2.18. The fourth-order valence-electron chi connectivity index (χ4n) is 2.99. The van der Waals surface area contributed by atoms with E-state index < -0.39 is 5.97 Å². The lowest BCUT2D eigenvalue weighted by molar-refractivity contribution is -0.137. The van der Waals surface area contributed by atoms with Crippen molar-refractivity contribution in [2.75, 3.05) is 6.61 Å². The zero-order valence-electron chi connectivity index (χ0n) is 14.7. The molecule has 0 spiro atoms. The van der Waals surface area contributed by atoms with Gasteiger partial charge in [0.2, 0.25) is 0 Å². The maximum atomic E-state index is 13.0. The van der Waals surface area contributed by atoms with Crippen LogP contribution in [0.1, 0.15) is 32.4 Å². The van der Waals surface area contributed by atoms with Crippen molar-refractivity contribution in [2.45, 2.75) is 33.2 Å². The number of carbonyl (C=O) groups is 1. The van der Waals surface area contributed by atoms with Crippen LogP contribution in [0.4, 0.5) is 0 Å². The van der Waals surface area contributed by atoms with Crippen LogP contribution >= 0.6 is 11.6 Å². The van der Waals surface area contributed by atoms with E-state index in [9.17, 15) is 14.7 Å². The number of rotatable bonds is 5. The third-order valence-corrected chi connectivity index (χ3v) is 4.47. The smallest absolute Gasteiger partial charge is 0.323 e. The molecule has 0 aliphatic carbocycles. The molecule has 2 heterocycles. The van der Waals surface area contributed by atoms with E-state index in [0.717, 1.165) is 5.69 Å². The molecule has 0 bridgehead atoms. The van der Waals surface area contributed by atoms with Crippen molar-refractivity contribution in [2.24, 2.45) is 0 Å². The lowest BCUT2D eigenvalue weighted by atomic mass is 10.1. The fraction of sp³-hybridized carbons (Fsp3) is 0.316. The average Bonchev–Trinajstić information content (AvgIpc) is 2.59. The minimum absolute atomic E-state index is 0.134. The third kappa shape index (κ3) is 3.01. The molecule has 1 aromatic carbocycles. The Morgan fingerprint density at radius 3 is 2.58 bits per heavy atom. The van der Waals surface area contributed by atoms with Crippen molar-refractivity contribution in [1.29, 1.82) is 0 Å². The molecule has 0 radical (unpaired) electrons. The van der Waals surface area contributed by atoms with Gasteiger partial charge in [-0.3, -0.25) is 9.59 Å². The van der Waals surface area contributed by atoms with Gasteiger partial charge in [-0.1, -0.05) is 25.4 Å². The molecule has 0 saturated heterocycles. The highest BCUT2D eigenvalue weighted by atomic mass is 35.5. The summed E-state index contributed by atoms with van der Waals surface area (Å²) in [6, 6.07) is 6.68. The van der Waals surface area contributed by atoms with E-state index in [1.54, 1.807) is 31.2 Å². The van der Waals surface area contributed by atoms with Gasteiger partial charge in [0.25, 0.3) is 0 Å². The maximum Gasteiger partial charge on any atom is 0.323 e. The molecular formula is C19H19ClN2O4. The number of aliphatic carboxylic acids is 1. The standard InChI is InChI=1S/C19H19ClN2O4/c1-4-26-18-13(20)7-5-11-16(18)22(9-15(23)24)19-12(17(11)25)6-8-14(21-19)10(2)3/h5-8,10H,4,9H2,1-3H3,(H,23,24). The Kier molecular flexibility index (Phi) is 4.87. The molecule has 6 nitrogen and oxygen atoms in total. The van der Waals surface area contributed by atoms with Crippen molar-refractivity contribution in [1.82, 2.24) is 9.55 Å². The zero-order valence-corrected chi connectivity index (χ0v) is 15.5. The summed E-state index contributed by atoms with van der Waals surface area (Å²) in [5, 5.41) is 10.5. The topological polar surface area (TPSA) is 81.4 Å². The van der Waals surface area contributed by atoms with Gasteiger partial charge in [0.1, 0.15) is 12.2 Å². The van der Waals surface area contributed by atoms with Crippen LogP contribution < -0.4 is 10.2 Å². The molecule has 0 aliphatic rings. The van der Waals surface area contributed by atoms with E-state index in [2.05, 4.69) is 4.98 Å². The van der Waals surface area contributed by atoms with Crippen LogP contribution in [-0.2, 0) is 11.3 Å². The van der Waals surface area contributed by atoms with E-state index >= 15 is 0 Å². The predicted molar refractivity (Wildman–Crippen MR) is 101 cm³/mol. The monoisotopic (exact) mass is 374 g/mol. The minimum atomic E-state index is -1.05. The molecule has 1 N–H and O–H groups in total. The second kappa shape index (κ2) is 6.96. The quantitative estimate of drug-likeness (QED) is 0.687. The summed E-state index contributed by atoms with van der Waals surface area (Å²) in [7, 11) is 0. The van der Waals surface area contributed by atoms with Crippen molar-refractivity contribution >= 4 is 39.5 Å². The number of hydrogen-bond acceptors (Lipinski definition) is 4. The number of carboxylic acids is 1. The fourth-order valence-corrected chi connectivity index (χ4v) is 3.19. The van der Waals surface area contributed by atoms with Crippen molar-refractivity contribution in [3.63, 3.8) is 0 Å². The second-order valence-corrected chi connectivity index (χ2v) is 6.68. The first-order valence-electron chi connectivity index (χ1n) is 8.35. The Morgan fingerprint density at radius 2 is 1.96 bits per heavy atom. The molecule has 0 unspecified atom stereocenters. The number of aromatic nitrogens is 2. The highest BCUT2D eigenvalue weighted by molar-refractivity contribution is 6.33. The Balaban J connectivity index is 2.56. The lowest BCUT2D eigenvalue weighted by Gasteiger charge is -2.17. The average molecular weight is 375 g/mol. The summed E-state index contributed by atoms with van der Waals surface area (Å²) in [6.07, 6.45) is 0. The summed E-state index contributed by atoms with van der Waals surface area (Å²) in [5.74, 6) is -0.617. The van der Waals surface area contributed by atoms with Crippen LogP contribution in [0.5, 0.6) is 5.75 Å². The Bertz CT molecular complexity index is 1070. The Hall–Kier alpha value is -2.60. The number of halogens is 1. The van der Waals surface area contributed by atoms with Gasteiger partial charge < -0.3 is 14.4 Å². The van der Waals surface area contributed by atoms with Crippen LogP contribution in [0.25, 0.3) is 21.9 Å². The van der Waals surface area contributed by atoms with Gasteiger partial charge in [-0.2, -0.15) is 0 Å². The summed E-state index contributed by atoms with van der Waals surface area (Å²) in [4.78, 5) is 29.1. The van der Waals surface area contributed by atoms with E-state index in [1.807, 2.05) is 13.8 Å². The molecule has 136 valence electrons. The summed E-state index contributed by atoms with van der Waals surface area (Å²) in [6.45, 7) is 5.74. The molecule has 0 amide bonds. The highest BCUT2D eigenvalue weighted by Gasteiger charge is 2.20. The first-order chi connectivity index (χ1) is 12.3. The summed E-state index contributed by atoms with van der Waals surface area (Å²) >= 11 is 6.27. The SMILES string of the molecule is CCOc1c(Cl)ccc2c(=O)c3ccc(C(C)C)nc3n(CC(=O)O)c12. The van der Waals surface area contributed by atoms with Crippen LogP contribution in [0.3, 0.4) is 0 Å². The van der Waals surface area contributed by atoms with Gasteiger partial charge in [-0.25, -0.2) is 4.98 Å². The first-order valence-corrected chi connectivity index (χ1v) is 8.73.